The van der Waals surface area contributed by atoms with Crippen molar-refractivity contribution >= 4 is 40.0 Å². The van der Waals surface area contributed by atoms with Crippen molar-refractivity contribution in [1.82, 2.24) is 9.78 Å². The monoisotopic (exact) mass is 409 g/mol. The first kappa shape index (κ1) is 14.4. The van der Waals surface area contributed by atoms with Crippen LogP contribution in [-0.2, 0) is 7.05 Å². The molecule has 0 radical (unpaired) electrons. The quantitative estimate of drug-likeness (QED) is 0.629. The molecule has 0 saturated carbocycles. The molecule has 0 bridgehead atoms. The number of halogens is 2. The molecule has 2 N–H and O–H groups in total. The van der Waals surface area contributed by atoms with E-state index in [1.807, 2.05) is 55.6 Å². The molecule has 0 amide bonds. The summed E-state index contributed by atoms with van der Waals surface area (Å²) in [5, 5.41) is 5.28. The van der Waals surface area contributed by atoms with Crippen molar-refractivity contribution in [3.05, 3.63) is 57.1 Å². The van der Waals surface area contributed by atoms with Crippen molar-refractivity contribution in [1.29, 1.82) is 0 Å². The van der Waals surface area contributed by atoms with Crippen LogP contribution in [0.2, 0.25) is 5.02 Å². The first-order chi connectivity index (χ1) is 10.1. The lowest BCUT2D eigenvalue weighted by Gasteiger charge is -2.05. The van der Waals surface area contributed by atoms with E-state index < -0.39 is 0 Å². The third kappa shape index (κ3) is 2.65. The van der Waals surface area contributed by atoms with E-state index in [1.165, 1.54) is 0 Å². The fourth-order valence-electron chi connectivity index (χ4n) is 2.27. The Balaban J connectivity index is 2.24. The van der Waals surface area contributed by atoms with Crippen LogP contribution in [0.4, 0.5) is 5.82 Å². The average molecular weight is 410 g/mol. The Bertz CT molecular complexity index is 797. The first-order valence-corrected chi connectivity index (χ1v) is 7.87. The van der Waals surface area contributed by atoms with E-state index in [1.54, 1.807) is 4.68 Å². The van der Waals surface area contributed by atoms with Gasteiger partial charge in [-0.3, -0.25) is 4.68 Å². The molecule has 0 fully saturated rings. The fraction of sp³-hybridized carbons (Fsp3) is 0.0625. The smallest absolute Gasteiger partial charge is 0.129 e. The van der Waals surface area contributed by atoms with Gasteiger partial charge in [-0.25, -0.2) is 0 Å². The Labute approximate surface area is 141 Å². The van der Waals surface area contributed by atoms with Gasteiger partial charge in [0.1, 0.15) is 11.5 Å². The standard InChI is InChI=1S/C16H13ClIN3/c1-21-16(19)14(10-5-3-2-4-6-10)15(20-21)11-7-8-13(18)12(17)9-11/h2-9H,19H2,1H3. The molecule has 0 aliphatic rings. The number of benzene rings is 2. The minimum Gasteiger partial charge on any atom is -0.383 e. The molecule has 0 aliphatic carbocycles. The second kappa shape index (κ2) is 5.69. The van der Waals surface area contributed by atoms with Crippen LogP contribution in [0.15, 0.2) is 48.5 Å². The molecule has 2 aromatic carbocycles. The van der Waals surface area contributed by atoms with Crippen LogP contribution in [0.1, 0.15) is 0 Å². The fourth-order valence-corrected chi connectivity index (χ4v) is 2.79. The molecule has 106 valence electrons. The summed E-state index contributed by atoms with van der Waals surface area (Å²) in [5.74, 6) is 0.644. The van der Waals surface area contributed by atoms with Gasteiger partial charge in [-0.1, -0.05) is 48.0 Å². The van der Waals surface area contributed by atoms with Crippen LogP contribution in [-0.4, -0.2) is 9.78 Å². The second-order valence-corrected chi connectivity index (χ2v) is 6.30. The number of nitrogen functional groups attached to an aromatic ring is 1. The molecule has 21 heavy (non-hydrogen) atoms. The van der Waals surface area contributed by atoms with E-state index in [4.69, 9.17) is 17.3 Å². The predicted octanol–water partition coefficient (Wildman–Crippen LogP) is 4.59. The molecule has 1 aromatic heterocycles. The molecule has 0 atom stereocenters. The Morgan fingerprint density at radius 2 is 1.81 bits per heavy atom. The molecule has 3 aromatic rings. The molecular weight excluding hydrogens is 397 g/mol. The number of hydrogen-bond acceptors (Lipinski definition) is 2. The van der Waals surface area contributed by atoms with E-state index in [-0.39, 0.29) is 0 Å². The van der Waals surface area contributed by atoms with Crippen LogP contribution in [0.5, 0.6) is 0 Å². The predicted molar refractivity (Wildman–Crippen MR) is 96.2 cm³/mol. The zero-order chi connectivity index (χ0) is 15.0. The molecule has 3 nitrogen and oxygen atoms in total. The largest absolute Gasteiger partial charge is 0.383 e. The molecule has 0 saturated heterocycles. The highest BCUT2D eigenvalue weighted by atomic mass is 127. The minimum absolute atomic E-state index is 0.644. The summed E-state index contributed by atoms with van der Waals surface area (Å²) in [6, 6.07) is 16.0. The number of rotatable bonds is 2. The van der Waals surface area contributed by atoms with Crippen LogP contribution in [0.25, 0.3) is 22.4 Å². The summed E-state index contributed by atoms with van der Waals surface area (Å²) in [4.78, 5) is 0. The first-order valence-electron chi connectivity index (χ1n) is 6.41. The van der Waals surface area contributed by atoms with Crippen LogP contribution in [0, 0.1) is 3.57 Å². The summed E-state index contributed by atoms with van der Waals surface area (Å²) < 4.78 is 2.71. The SMILES string of the molecule is Cn1nc(-c2ccc(I)c(Cl)c2)c(-c2ccccc2)c1N. The van der Waals surface area contributed by atoms with Gasteiger partial charge in [0, 0.05) is 16.2 Å². The molecule has 3 rings (SSSR count). The van der Waals surface area contributed by atoms with Gasteiger partial charge >= 0.3 is 0 Å². The van der Waals surface area contributed by atoms with Crippen LogP contribution < -0.4 is 5.73 Å². The molecule has 0 spiro atoms. The third-order valence-corrected chi connectivity index (χ3v) is 4.92. The van der Waals surface area contributed by atoms with E-state index in [9.17, 15) is 0 Å². The number of hydrogen-bond donors (Lipinski definition) is 1. The van der Waals surface area contributed by atoms with Crippen LogP contribution in [0.3, 0.4) is 0 Å². The lowest BCUT2D eigenvalue weighted by molar-refractivity contribution is 0.782. The summed E-state index contributed by atoms with van der Waals surface area (Å²) in [5.41, 5.74) is 10.0. The summed E-state index contributed by atoms with van der Waals surface area (Å²) >= 11 is 8.45. The van der Waals surface area contributed by atoms with Crippen molar-refractivity contribution < 1.29 is 0 Å². The average Bonchev–Trinajstić information content (AvgIpc) is 2.79. The van der Waals surface area contributed by atoms with Crippen molar-refractivity contribution in [2.24, 2.45) is 7.05 Å². The van der Waals surface area contributed by atoms with Crippen molar-refractivity contribution in [2.45, 2.75) is 0 Å². The lowest BCUT2D eigenvalue weighted by atomic mass is 10.0. The summed E-state index contributed by atoms with van der Waals surface area (Å²) in [6.07, 6.45) is 0. The highest BCUT2D eigenvalue weighted by Gasteiger charge is 2.17. The maximum atomic E-state index is 6.24. The van der Waals surface area contributed by atoms with Gasteiger partial charge in [0.2, 0.25) is 0 Å². The number of aromatic nitrogens is 2. The highest BCUT2D eigenvalue weighted by Crippen LogP contribution is 2.37. The Kier molecular flexibility index (Phi) is 3.91. The van der Waals surface area contributed by atoms with Gasteiger partial charge in [0.15, 0.2) is 0 Å². The normalized spacial score (nSPS) is 10.8. The molecule has 0 aliphatic heterocycles. The van der Waals surface area contributed by atoms with E-state index in [0.29, 0.717) is 5.82 Å². The van der Waals surface area contributed by atoms with Crippen molar-refractivity contribution in [3.8, 4) is 22.4 Å². The maximum absolute atomic E-state index is 6.24. The van der Waals surface area contributed by atoms with Crippen molar-refractivity contribution in [3.63, 3.8) is 0 Å². The van der Waals surface area contributed by atoms with Gasteiger partial charge < -0.3 is 5.73 Å². The van der Waals surface area contributed by atoms with Gasteiger partial charge in [-0.15, -0.1) is 0 Å². The van der Waals surface area contributed by atoms with Crippen LogP contribution >= 0.6 is 34.2 Å². The van der Waals surface area contributed by atoms with Gasteiger partial charge in [0.05, 0.1) is 10.6 Å². The Hall–Kier alpha value is -1.53. The lowest BCUT2D eigenvalue weighted by Crippen LogP contribution is -1.97. The zero-order valence-corrected chi connectivity index (χ0v) is 14.3. The topological polar surface area (TPSA) is 43.8 Å². The van der Waals surface area contributed by atoms with Gasteiger partial charge in [-0.2, -0.15) is 5.10 Å². The van der Waals surface area contributed by atoms with E-state index >= 15 is 0 Å². The molecule has 0 unspecified atom stereocenters. The maximum Gasteiger partial charge on any atom is 0.129 e. The molecule has 5 heteroatoms. The number of aryl methyl sites for hydroxylation is 1. The van der Waals surface area contributed by atoms with Gasteiger partial charge in [0.25, 0.3) is 0 Å². The van der Waals surface area contributed by atoms with E-state index in [2.05, 4.69) is 27.7 Å². The molecular formula is C16H13ClIN3. The summed E-state index contributed by atoms with van der Waals surface area (Å²) in [6.45, 7) is 0. The Morgan fingerprint density at radius 3 is 2.48 bits per heavy atom. The van der Waals surface area contributed by atoms with Crippen molar-refractivity contribution in [2.75, 3.05) is 5.73 Å². The minimum atomic E-state index is 0.644. The molecule has 1 heterocycles. The van der Waals surface area contributed by atoms with E-state index in [0.717, 1.165) is 31.0 Å². The summed E-state index contributed by atoms with van der Waals surface area (Å²) in [7, 11) is 1.85. The van der Waals surface area contributed by atoms with Gasteiger partial charge in [-0.05, 0) is 40.3 Å². The Morgan fingerprint density at radius 1 is 1.10 bits per heavy atom. The third-order valence-electron chi connectivity index (χ3n) is 3.35. The zero-order valence-electron chi connectivity index (χ0n) is 11.3. The highest BCUT2D eigenvalue weighted by molar-refractivity contribution is 14.1. The second-order valence-electron chi connectivity index (χ2n) is 4.73. The number of anilines is 1. The number of nitrogens with two attached hydrogens (primary N) is 1. The number of nitrogens with zero attached hydrogens (tertiary/aromatic N) is 2.